The summed E-state index contributed by atoms with van der Waals surface area (Å²) in [7, 11) is 1.63. The van der Waals surface area contributed by atoms with Gasteiger partial charge in [0.1, 0.15) is 12.4 Å². The molecule has 0 aliphatic carbocycles. The predicted octanol–water partition coefficient (Wildman–Crippen LogP) is 1.53. The zero-order valence-corrected chi connectivity index (χ0v) is 12.1. The summed E-state index contributed by atoms with van der Waals surface area (Å²) in [4.78, 5) is 2.07. The molecule has 0 saturated heterocycles. The number of aliphatic hydroxyl groups excluding tert-OH is 1. The molecular weight excluding hydrogens is 271 g/mol. The third kappa shape index (κ3) is 6.37. The minimum Gasteiger partial charge on any atom is -0.384 e. The van der Waals surface area contributed by atoms with E-state index in [1.165, 1.54) is 6.07 Å². The van der Waals surface area contributed by atoms with E-state index in [-0.39, 0.29) is 12.2 Å². The monoisotopic (exact) mass is 290 g/mol. The zero-order chi connectivity index (χ0) is 15.5. The van der Waals surface area contributed by atoms with Crippen LogP contribution in [0.3, 0.4) is 0 Å². The summed E-state index contributed by atoms with van der Waals surface area (Å²) in [5.74, 6) is 4.63. The standard InChI is InChI=1S/C16H19FN2O2/c1-21-11-9-19(8-3-7-18)13-14-5-6-16(17)15(12-14)4-2-10-20/h5-6,12,20H,3,8-11,13H2,1H3. The summed E-state index contributed by atoms with van der Waals surface area (Å²) < 4.78 is 18.6. The molecule has 0 aliphatic heterocycles. The molecule has 0 aliphatic rings. The lowest BCUT2D eigenvalue weighted by Crippen LogP contribution is -2.28. The molecular formula is C16H19FN2O2. The van der Waals surface area contributed by atoms with Gasteiger partial charge in [0, 0.05) is 33.2 Å². The lowest BCUT2D eigenvalue weighted by molar-refractivity contribution is 0.145. The molecule has 0 atom stereocenters. The highest BCUT2D eigenvalue weighted by Crippen LogP contribution is 2.12. The average Bonchev–Trinajstić information content (AvgIpc) is 2.50. The van der Waals surface area contributed by atoms with Crippen molar-refractivity contribution in [1.82, 2.24) is 4.90 Å². The number of halogens is 1. The van der Waals surface area contributed by atoms with Gasteiger partial charge < -0.3 is 9.84 Å². The molecule has 0 amide bonds. The van der Waals surface area contributed by atoms with Gasteiger partial charge in [-0.3, -0.25) is 4.90 Å². The second-order valence-electron chi connectivity index (χ2n) is 4.45. The van der Waals surface area contributed by atoms with Crippen LogP contribution in [-0.4, -0.2) is 43.4 Å². The second-order valence-corrected chi connectivity index (χ2v) is 4.45. The summed E-state index contributed by atoms with van der Waals surface area (Å²) >= 11 is 0. The number of ether oxygens (including phenoxy) is 1. The Kier molecular flexibility index (Phi) is 8.08. The van der Waals surface area contributed by atoms with E-state index in [1.807, 2.05) is 0 Å². The maximum atomic E-state index is 13.6. The highest BCUT2D eigenvalue weighted by atomic mass is 19.1. The van der Waals surface area contributed by atoms with Gasteiger partial charge in [0.25, 0.3) is 0 Å². The van der Waals surface area contributed by atoms with Crippen molar-refractivity contribution in [2.24, 2.45) is 0 Å². The highest BCUT2D eigenvalue weighted by molar-refractivity contribution is 5.38. The number of nitrogens with zero attached hydrogens (tertiary/aromatic N) is 2. The number of methoxy groups -OCH3 is 1. The molecule has 0 bridgehead atoms. The van der Waals surface area contributed by atoms with Crippen molar-refractivity contribution in [2.75, 3.05) is 33.4 Å². The molecule has 0 heterocycles. The Morgan fingerprint density at radius 2 is 2.19 bits per heavy atom. The fourth-order valence-electron chi connectivity index (χ4n) is 1.86. The van der Waals surface area contributed by atoms with Crippen molar-refractivity contribution >= 4 is 0 Å². The predicted molar refractivity (Wildman–Crippen MR) is 77.7 cm³/mol. The first-order chi connectivity index (χ1) is 10.2. The Morgan fingerprint density at radius 1 is 1.38 bits per heavy atom. The van der Waals surface area contributed by atoms with Gasteiger partial charge in [-0.2, -0.15) is 5.26 Å². The van der Waals surface area contributed by atoms with Gasteiger partial charge in [-0.1, -0.05) is 17.9 Å². The van der Waals surface area contributed by atoms with Gasteiger partial charge >= 0.3 is 0 Å². The van der Waals surface area contributed by atoms with E-state index in [2.05, 4.69) is 22.8 Å². The lowest BCUT2D eigenvalue weighted by Gasteiger charge is -2.20. The molecule has 112 valence electrons. The van der Waals surface area contributed by atoms with Crippen LogP contribution in [0.15, 0.2) is 18.2 Å². The first-order valence-electron chi connectivity index (χ1n) is 6.67. The van der Waals surface area contributed by atoms with Crippen molar-refractivity contribution in [1.29, 1.82) is 5.26 Å². The number of nitriles is 1. The molecule has 0 unspecified atom stereocenters. The van der Waals surface area contributed by atoms with Crippen molar-refractivity contribution in [3.8, 4) is 17.9 Å². The molecule has 1 rings (SSSR count). The third-order valence-electron chi connectivity index (χ3n) is 2.89. The molecule has 21 heavy (non-hydrogen) atoms. The average molecular weight is 290 g/mol. The molecule has 1 aromatic carbocycles. The maximum absolute atomic E-state index is 13.6. The molecule has 0 radical (unpaired) electrons. The normalized spacial score (nSPS) is 10.0. The van der Waals surface area contributed by atoms with Gasteiger partial charge in [0.2, 0.25) is 0 Å². The minimum atomic E-state index is -0.403. The molecule has 0 saturated carbocycles. The highest BCUT2D eigenvalue weighted by Gasteiger charge is 2.08. The summed E-state index contributed by atoms with van der Waals surface area (Å²) in [6, 6.07) is 6.86. The number of hydrogen-bond acceptors (Lipinski definition) is 4. The zero-order valence-electron chi connectivity index (χ0n) is 12.1. The van der Waals surface area contributed by atoms with Crippen molar-refractivity contribution in [3.05, 3.63) is 35.1 Å². The van der Waals surface area contributed by atoms with Crippen LogP contribution in [0.2, 0.25) is 0 Å². The Labute approximate surface area is 124 Å². The minimum absolute atomic E-state index is 0.272. The summed E-state index contributed by atoms with van der Waals surface area (Å²) in [6.07, 6.45) is 0.433. The Morgan fingerprint density at radius 3 is 2.86 bits per heavy atom. The topological polar surface area (TPSA) is 56.5 Å². The van der Waals surface area contributed by atoms with Crippen LogP contribution in [0.5, 0.6) is 0 Å². The van der Waals surface area contributed by atoms with Gasteiger partial charge in [0.05, 0.1) is 18.2 Å². The molecule has 0 aromatic heterocycles. The fraction of sp³-hybridized carbons (Fsp3) is 0.438. The first kappa shape index (κ1) is 17.1. The van der Waals surface area contributed by atoms with Crippen LogP contribution >= 0.6 is 0 Å². The quantitative estimate of drug-likeness (QED) is 0.774. The smallest absolute Gasteiger partial charge is 0.138 e. The van der Waals surface area contributed by atoms with Crippen molar-refractivity contribution in [2.45, 2.75) is 13.0 Å². The lowest BCUT2D eigenvalue weighted by atomic mass is 10.1. The van der Waals surface area contributed by atoms with Crippen molar-refractivity contribution < 1.29 is 14.2 Å². The number of hydrogen-bond donors (Lipinski definition) is 1. The summed E-state index contributed by atoms with van der Waals surface area (Å²) in [6.45, 7) is 2.21. The third-order valence-corrected chi connectivity index (χ3v) is 2.89. The Bertz CT molecular complexity index is 543. The first-order valence-corrected chi connectivity index (χ1v) is 6.67. The number of benzene rings is 1. The van der Waals surface area contributed by atoms with E-state index in [0.717, 1.165) is 5.56 Å². The van der Waals surface area contributed by atoms with E-state index >= 15 is 0 Å². The second kappa shape index (κ2) is 9.90. The van der Waals surface area contributed by atoms with E-state index in [4.69, 9.17) is 15.1 Å². The van der Waals surface area contributed by atoms with E-state index < -0.39 is 5.82 Å². The SMILES string of the molecule is COCCN(CCC#N)Cc1ccc(F)c(C#CCO)c1. The molecule has 0 spiro atoms. The molecule has 4 nitrogen and oxygen atoms in total. The summed E-state index contributed by atoms with van der Waals surface area (Å²) in [5, 5.41) is 17.4. The Balaban J connectivity index is 2.80. The largest absolute Gasteiger partial charge is 0.384 e. The van der Waals surface area contributed by atoms with Gasteiger partial charge in [-0.15, -0.1) is 0 Å². The van der Waals surface area contributed by atoms with Gasteiger partial charge in [-0.25, -0.2) is 4.39 Å². The molecule has 1 N–H and O–H groups in total. The van der Waals surface area contributed by atoms with Gasteiger partial charge in [-0.05, 0) is 17.7 Å². The van der Waals surface area contributed by atoms with Crippen LogP contribution in [0, 0.1) is 29.0 Å². The molecule has 1 aromatic rings. The summed E-state index contributed by atoms with van der Waals surface area (Å²) in [5.41, 5.74) is 1.18. The van der Waals surface area contributed by atoms with Crippen LogP contribution in [0.1, 0.15) is 17.5 Å². The maximum Gasteiger partial charge on any atom is 0.138 e. The van der Waals surface area contributed by atoms with E-state index in [0.29, 0.717) is 32.7 Å². The fourth-order valence-corrected chi connectivity index (χ4v) is 1.86. The van der Waals surface area contributed by atoms with Crippen LogP contribution in [-0.2, 0) is 11.3 Å². The molecule has 5 heteroatoms. The number of aliphatic hydroxyl groups is 1. The van der Waals surface area contributed by atoms with E-state index in [1.54, 1.807) is 19.2 Å². The van der Waals surface area contributed by atoms with Gasteiger partial charge in [0.15, 0.2) is 0 Å². The Hall–Kier alpha value is -1.92. The van der Waals surface area contributed by atoms with Crippen LogP contribution in [0.25, 0.3) is 0 Å². The van der Waals surface area contributed by atoms with Crippen molar-refractivity contribution in [3.63, 3.8) is 0 Å². The number of rotatable bonds is 7. The molecule has 0 fully saturated rings. The van der Waals surface area contributed by atoms with Crippen LogP contribution in [0.4, 0.5) is 4.39 Å². The van der Waals surface area contributed by atoms with Crippen LogP contribution < -0.4 is 0 Å². The van der Waals surface area contributed by atoms with E-state index in [9.17, 15) is 4.39 Å².